The van der Waals surface area contributed by atoms with Crippen LogP contribution < -0.4 is 4.90 Å². The van der Waals surface area contributed by atoms with Gasteiger partial charge in [0, 0.05) is 38.0 Å². The number of hydrogen-bond acceptors (Lipinski definition) is 3. The van der Waals surface area contributed by atoms with E-state index in [1.54, 1.807) is 0 Å². The zero-order chi connectivity index (χ0) is 27.8. The van der Waals surface area contributed by atoms with E-state index in [1.807, 2.05) is 0 Å². The average molecular weight is 540 g/mol. The van der Waals surface area contributed by atoms with Crippen molar-refractivity contribution in [3.63, 3.8) is 0 Å². The molecule has 0 amide bonds. The van der Waals surface area contributed by atoms with E-state index in [0.29, 0.717) is 0 Å². The van der Waals surface area contributed by atoms with Gasteiger partial charge in [0.2, 0.25) is 0 Å². The Balaban J connectivity index is 1.42. The number of rotatable bonds is 3. The lowest BCUT2D eigenvalue weighted by molar-refractivity contribution is 0.666. The van der Waals surface area contributed by atoms with Gasteiger partial charge in [-0.15, -0.1) is 0 Å². The summed E-state index contributed by atoms with van der Waals surface area (Å²) in [5, 5.41) is 9.02. The summed E-state index contributed by atoms with van der Waals surface area (Å²) >= 11 is 0. The minimum atomic E-state index is 0.873. The predicted molar refractivity (Wildman–Crippen MR) is 175 cm³/mol. The summed E-state index contributed by atoms with van der Waals surface area (Å²) in [6, 6.07) is 47.1. The lowest BCUT2D eigenvalue weighted by Crippen LogP contribution is -2.10. The van der Waals surface area contributed by atoms with Crippen LogP contribution in [0.5, 0.6) is 0 Å². The van der Waals surface area contributed by atoms with Crippen molar-refractivity contribution in [3.05, 3.63) is 139 Å². The molecule has 0 saturated carbocycles. The van der Waals surface area contributed by atoms with Gasteiger partial charge < -0.3 is 13.7 Å². The number of fused-ring (bicyclic) bond motifs is 9. The van der Waals surface area contributed by atoms with E-state index in [0.717, 1.165) is 77.3 Å². The number of nitrogens with zero attached hydrogens (tertiary/aromatic N) is 1. The molecular weight excluding hydrogens is 514 g/mol. The van der Waals surface area contributed by atoms with Gasteiger partial charge >= 0.3 is 0 Å². The first-order valence-electron chi connectivity index (χ1n) is 14.3. The summed E-state index contributed by atoms with van der Waals surface area (Å²) in [7, 11) is 0. The van der Waals surface area contributed by atoms with E-state index in [9.17, 15) is 0 Å². The molecule has 0 saturated heterocycles. The third-order valence-electron chi connectivity index (χ3n) is 8.52. The fraction of sp³-hybridized carbons (Fsp3) is 0.0256. The van der Waals surface area contributed by atoms with Gasteiger partial charge in [-0.2, -0.15) is 0 Å². The summed E-state index contributed by atoms with van der Waals surface area (Å²) in [5.41, 5.74) is 7.87. The molecule has 3 heteroatoms. The van der Waals surface area contributed by atoms with Gasteiger partial charge in [-0.05, 0) is 59.7 Å². The summed E-state index contributed by atoms with van der Waals surface area (Å²) in [6.45, 7) is 2.11. The Morgan fingerprint density at radius 2 is 1.07 bits per heavy atom. The van der Waals surface area contributed by atoms with Crippen LogP contribution in [0.4, 0.5) is 17.1 Å². The zero-order valence-electron chi connectivity index (χ0n) is 23.0. The molecule has 3 nitrogen and oxygen atoms in total. The highest BCUT2D eigenvalue weighted by atomic mass is 16.3. The predicted octanol–water partition coefficient (Wildman–Crippen LogP) is 11.6. The van der Waals surface area contributed by atoms with Crippen molar-refractivity contribution in [2.75, 3.05) is 4.90 Å². The fourth-order valence-corrected chi connectivity index (χ4v) is 6.56. The fourth-order valence-electron chi connectivity index (χ4n) is 6.56. The first kappa shape index (κ1) is 23.2. The minimum absolute atomic E-state index is 0.873. The number of anilines is 3. The van der Waals surface area contributed by atoms with Gasteiger partial charge in [-0.3, -0.25) is 0 Å². The maximum absolute atomic E-state index is 6.68. The number of para-hydroxylation sites is 3. The van der Waals surface area contributed by atoms with Crippen molar-refractivity contribution < 1.29 is 8.83 Å². The second-order valence-electron chi connectivity index (χ2n) is 11.0. The maximum atomic E-state index is 6.68. The molecule has 0 aliphatic carbocycles. The van der Waals surface area contributed by atoms with E-state index in [-0.39, 0.29) is 0 Å². The highest BCUT2D eigenvalue weighted by Gasteiger charge is 2.23. The van der Waals surface area contributed by atoms with Crippen molar-refractivity contribution in [3.8, 4) is 0 Å². The lowest BCUT2D eigenvalue weighted by Gasteiger charge is -2.27. The van der Waals surface area contributed by atoms with Gasteiger partial charge in [0.25, 0.3) is 0 Å². The highest BCUT2D eigenvalue weighted by molar-refractivity contribution is 6.22. The van der Waals surface area contributed by atoms with E-state index in [2.05, 4.69) is 145 Å². The molecule has 0 spiro atoms. The van der Waals surface area contributed by atoms with Crippen LogP contribution in [0.3, 0.4) is 0 Å². The van der Waals surface area contributed by atoms with Gasteiger partial charge in [-0.1, -0.05) is 97.1 Å². The van der Waals surface area contributed by atoms with Gasteiger partial charge in [0.1, 0.15) is 16.7 Å². The van der Waals surface area contributed by atoms with Crippen LogP contribution in [0.25, 0.3) is 65.4 Å². The normalized spacial score (nSPS) is 11.9. The summed E-state index contributed by atoms with van der Waals surface area (Å²) in [4.78, 5) is 2.34. The molecule has 0 N–H and O–H groups in total. The molecule has 0 aliphatic rings. The number of benzene rings is 7. The second-order valence-corrected chi connectivity index (χ2v) is 11.0. The average Bonchev–Trinajstić information content (AvgIpc) is 3.60. The van der Waals surface area contributed by atoms with E-state index in [4.69, 9.17) is 8.83 Å². The van der Waals surface area contributed by atoms with Gasteiger partial charge in [0.05, 0.1) is 11.4 Å². The van der Waals surface area contributed by atoms with Crippen molar-refractivity contribution in [2.45, 2.75) is 6.92 Å². The van der Waals surface area contributed by atoms with Crippen LogP contribution in [-0.2, 0) is 0 Å². The summed E-state index contributed by atoms with van der Waals surface area (Å²) in [5.74, 6) is 0. The van der Waals surface area contributed by atoms with E-state index < -0.39 is 0 Å². The zero-order valence-corrected chi connectivity index (χ0v) is 23.0. The molecule has 9 rings (SSSR count). The molecule has 0 radical (unpaired) electrons. The molecule has 9 aromatic rings. The van der Waals surface area contributed by atoms with Crippen LogP contribution in [0, 0.1) is 6.92 Å². The smallest absolute Gasteiger partial charge is 0.159 e. The van der Waals surface area contributed by atoms with E-state index >= 15 is 0 Å². The molecule has 42 heavy (non-hydrogen) atoms. The summed E-state index contributed by atoms with van der Waals surface area (Å²) < 4.78 is 13.3. The van der Waals surface area contributed by atoms with Crippen LogP contribution >= 0.6 is 0 Å². The molecule has 2 heterocycles. The first-order valence-corrected chi connectivity index (χ1v) is 14.3. The third-order valence-corrected chi connectivity index (χ3v) is 8.52. The molecule has 0 fully saturated rings. The maximum Gasteiger partial charge on any atom is 0.159 e. The van der Waals surface area contributed by atoms with E-state index in [1.165, 1.54) is 10.8 Å². The quantitative estimate of drug-likeness (QED) is 0.224. The Labute approximate surface area is 241 Å². The van der Waals surface area contributed by atoms with Crippen LogP contribution in [-0.4, -0.2) is 0 Å². The van der Waals surface area contributed by atoms with Crippen LogP contribution in [0.15, 0.2) is 142 Å². The number of hydrogen-bond donors (Lipinski definition) is 0. The highest BCUT2D eigenvalue weighted by Crippen LogP contribution is 2.47. The van der Waals surface area contributed by atoms with Crippen molar-refractivity contribution >= 4 is 82.5 Å². The molecule has 198 valence electrons. The molecule has 0 atom stereocenters. The minimum Gasteiger partial charge on any atom is -0.455 e. The Morgan fingerprint density at radius 1 is 0.429 bits per heavy atom. The Hall–Kier alpha value is -5.54. The van der Waals surface area contributed by atoms with Crippen molar-refractivity contribution in [1.82, 2.24) is 0 Å². The Morgan fingerprint density at radius 3 is 1.90 bits per heavy atom. The molecule has 0 aliphatic heterocycles. The van der Waals surface area contributed by atoms with Crippen LogP contribution in [0.2, 0.25) is 0 Å². The molecule has 0 unspecified atom stereocenters. The van der Waals surface area contributed by atoms with Crippen LogP contribution in [0.1, 0.15) is 5.56 Å². The Bertz CT molecular complexity index is 2480. The number of furan rings is 2. The number of aryl methyl sites for hydroxylation is 1. The lowest BCUT2D eigenvalue weighted by atomic mass is 10.0. The van der Waals surface area contributed by atoms with Crippen molar-refractivity contribution in [1.29, 1.82) is 0 Å². The standard InChI is InChI=1S/C39H25NO2/c1-24-11-9-18-30-31-19-10-20-34(39(31)42-37(24)30)40(27-14-3-2-4-15-27)35-23-33-32-21-25-12-5-6-13-26(25)22-36(32)41-38(33)29-17-8-7-16-28(29)35/h2-23H,1H3. The van der Waals surface area contributed by atoms with Crippen molar-refractivity contribution in [2.24, 2.45) is 0 Å². The topological polar surface area (TPSA) is 29.5 Å². The second kappa shape index (κ2) is 8.73. The van der Waals surface area contributed by atoms with Gasteiger partial charge in [-0.25, -0.2) is 0 Å². The SMILES string of the molecule is Cc1cccc2c1oc1c(N(c3ccccc3)c3cc4c5cc6ccccc6cc5oc4c4ccccc34)cccc12. The molecular formula is C39H25NO2. The first-order chi connectivity index (χ1) is 20.7. The third kappa shape index (κ3) is 3.28. The van der Waals surface area contributed by atoms with Gasteiger partial charge in [0.15, 0.2) is 5.58 Å². The molecule has 2 aromatic heterocycles. The molecule has 0 bridgehead atoms. The molecule has 7 aromatic carbocycles. The largest absolute Gasteiger partial charge is 0.455 e. The monoisotopic (exact) mass is 539 g/mol. The summed E-state index contributed by atoms with van der Waals surface area (Å²) in [6.07, 6.45) is 0. The Kier molecular flexibility index (Phi) is 4.82.